The number of rotatable bonds is 4. The van der Waals surface area contributed by atoms with Gasteiger partial charge in [-0.25, -0.2) is 9.07 Å². The van der Waals surface area contributed by atoms with Gasteiger partial charge in [-0.05, 0) is 34.1 Å². The van der Waals surface area contributed by atoms with E-state index in [0.29, 0.717) is 17.1 Å². The van der Waals surface area contributed by atoms with Gasteiger partial charge >= 0.3 is 0 Å². The molecule has 1 aromatic heterocycles. The molecule has 0 atom stereocenters. The van der Waals surface area contributed by atoms with Gasteiger partial charge in [0, 0.05) is 12.6 Å². The van der Waals surface area contributed by atoms with E-state index in [1.54, 1.807) is 16.8 Å². The fourth-order valence-electron chi connectivity index (χ4n) is 1.44. The number of benzene rings is 1. The Morgan fingerprint density at radius 2 is 2.22 bits per heavy atom. The van der Waals surface area contributed by atoms with E-state index in [-0.39, 0.29) is 5.82 Å². The summed E-state index contributed by atoms with van der Waals surface area (Å²) in [4.78, 5) is 0. The molecule has 6 heteroatoms. The van der Waals surface area contributed by atoms with Crippen molar-refractivity contribution in [3.63, 3.8) is 0 Å². The molecule has 0 fully saturated rings. The van der Waals surface area contributed by atoms with Gasteiger partial charge < -0.3 is 5.32 Å². The Balaban J connectivity index is 2.16. The van der Waals surface area contributed by atoms with Gasteiger partial charge in [0.05, 0.1) is 22.1 Å². The first-order valence-electron chi connectivity index (χ1n) is 5.66. The van der Waals surface area contributed by atoms with Crippen LogP contribution in [0.5, 0.6) is 0 Å². The quantitative estimate of drug-likeness (QED) is 0.944. The molecule has 0 spiro atoms. The minimum absolute atomic E-state index is 0.291. The van der Waals surface area contributed by atoms with E-state index in [9.17, 15) is 4.39 Å². The van der Waals surface area contributed by atoms with Crippen LogP contribution in [0.1, 0.15) is 19.5 Å². The molecule has 96 valence electrons. The van der Waals surface area contributed by atoms with Crippen molar-refractivity contribution in [2.24, 2.45) is 0 Å². The second-order valence-corrected chi connectivity index (χ2v) is 5.14. The fraction of sp³-hybridized carbons (Fsp3) is 0.333. The summed E-state index contributed by atoms with van der Waals surface area (Å²) in [7, 11) is 0. The van der Waals surface area contributed by atoms with Gasteiger partial charge in [0.2, 0.25) is 0 Å². The summed E-state index contributed by atoms with van der Waals surface area (Å²) < 4.78 is 15.2. The molecule has 0 aliphatic rings. The van der Waals surface area contributed by atoms with Crippen molar-refractivity contribution >= 4 is 15.9 Å². The lowest BCUT2D eigenvalue weighted by molar-refractivity contribution is 0.580. The maximum absolute atomic E-state index is 13.1. The maximum Gasteiger partial charge on any atom is 0.137 e. The van der Waals surface area contributed by atoms with Crippen LogP contribution in [0.4, 0.5) is 4.39 Å². The first-order valence-corrected chi connectivity index (χ1v) is 6.45. The smallest absolute Gasteiger partial charge is 0.137 e. The van der Waals surface area contributed by atoms with E-state index < -0.39 is 0 Å². The predicted octanol–water partition coefficient (Wildman–Crippen LogP) is 2.67. The second-order valence-electron chi connectivity index (χ2n) is 4.29. The Kier molecular flexibility index (Phi) is 4.08. The molecule has 0 unspecified atom stereocenters. The van der Waals surface area contributed by atoms with Crippen molar-refractivity contribution in [2.45, 2.75) is 26.4 Å². The van der Waals surface area contributed by atoms with Crippen LogP contribution >= 0.6 is 15.9 Å². The molecule has 1 N–H and O–H groups in total. The molecule has 4 nitrogen and oxygen atoms in total. The molecule has 18 heavy (non-hydrogen) atoms. The van der Waals surface area contributed by atoms with Crippen molar-refractivity contribution in [1.29, 1.82) is 0 Å². The highest BCUT2D eigenvalue weighted by atomic mass is 79.9. The summed E-state index contributed by atoms with van der Waals surface area (Å²) in [5, 5.41) is 11.3. The van der Waals surface area contributed by atoms with Crippen molar-refractivity contribution in [3.8, 4) is 5.69 Å². The summed E-state index contributed by atoms with van der Waals surface area (Å²) >= 11 is 3.15. The van der Waals surface area contributed by atoms with Gasteiger partial charge in [0.15, 0.2) is 0 Å². The first kappa shape index (κ1) is 13.2. The summed E-state index contributed by atoms with van der Waals surface area (Å²) in [6, 6.07) is 5.13. The average molecular weight is 313 g/mol. The van der Waals surface area contributed by atoms with Gasteiger partial charge in [-0.2, -0.15) is 0 Å². The van der Waals surface area contributed by atoms with Crippen LogP contribution in [0.25, 0.3) is 5.69 Å². The van der Waals surface area contributed by atoms with E-state index in [4.69, 9.17) is 0 Å². The van der Waals surface area contributed by atoms with E-state index >= 15 is 0 Å². The number of nitrogens with zero attached hydrogens (tertiary/aromatic N) is 3. The van der Waals surface area contributed by atoms with E-state index in [1.807, 2.05) is 6.20 Å². The minimum Gasteiger partial charge on any atom is -0.309 e. The van der Waals surface area contributed by atoms with Gasteiger partial charge in [0.1, 0.15) is 5.82 Å². The molecular formula is C12H14BrFN4. The number of hydrogen-bond acceptors (Lipinski definition) is 3. The van der Waals surface area contributed by atoms with Crippen molar-refractivity contribution < 1.29 is 4.39 Å². The van der Waals surface area contributed by atoms with Gasteiger partial charge in [-0.15, -0.1) is 5.10 Å². The molecule has 0 saturated heterocycles. The molecule has 1 heterocycles. The highest BCUT2D eigenvalue weighted by molar-refractivity contribution is 9.10. The van der Waals surface area contributed by atoms with Gasteiger partial charge in [-0.3, -0.25) is 0 Å². The monoisotopic (exact) mass is 312 g/mol. The molecular weight excluding hydrogens is 299 g/mol. The largest absolute Gasteiger partial charge is 0.309 e. The normalized spacial score (nSPS) is 11.2. The van der Waals surface area contributed by atoms with Crippen LogP contribution in [0, 0.1) is 5.82 Å². The lowest BCUT2D eigenvalue weighted by Crippen LogP contribution is -2.21. The van der Waals surface area contributed by atoms with Crippen molar-refractivity contribution in [1.82, 2.24) is 20.3 Å². The standard InChI is InChI=1S/C12H14BrFN4/c1-8(2)15-6-9-7-18(17-16-9)10-3-4-12(14)11(13)5-10/h3-5,7-8,15H,6H2,1-2H3. The topological polar surface area (TPSA) is 42.7 Å². The lowest BCUT2D eigenvalue weighted by atomic mass is 10.3. The van der Waals surface area contributed by atoms with Crippen molar-refractivity contribution in [3.05, 3.63) is 40.4 Å². The summed E-state index contributed by atoms with van der Waals surface area (Å²) in [5.41, 5.74) is 1.62. The zero-order valence-corrected chi connectivity index (χ0v) is 11.8. The number of halogens is 2. The Hall–Kier alpha value is -1.27. The third kappa shape index (κ3) is 3.14. The fourth-order valence-corrected chi connectivity index (χ4v) is 1.81. The molecule has 2 aromatic rings. The molecule has 0 amide bonds. The highest BCUT2D eigenvalue weighted by Crippen LogP contribution is 2.18. The number of aromatic nitrogens is 3. The Morgan fingerprint density at radius 1 is 1.44 bits per heavy atom. The van der Waals surface area contributed by atoms with E-state index in [1.165, 1.54) is 6.07 Å². The minimum atomic E-state index is -0.291. The number of nitrogens with one attached hydrogen (secondary N) is 1. The molecule has 0 aliphatic carbocycles. The molecule has 0 radical (unpaired) electrons. The summed E-state index contributed by atoms with van der Waals surface area (Å²) in [5.74, 6) is -0.291. The van der Waals surface area contributed by atoms with Crippen LogP contribution < -0.4 is 5.32 Å². The number of hydrogen-bond donors (Lipinski definition) is 1. The SMILES string of the molecule is CC(C)NCc1cn(-c2ccc(F)c(Br)c2)nn1. The average Bonchev–Trinajstić information content (AvgIpc) is 2.79. The molecule has 1 aromatic carbocycles. The Bertz CT molecular complexity index is 539. The predicted molar refractivity (Wildman–Crippen MR) is 71.0 cm³/mol. The Morgan fingerprint density at radius 3 is 2.89 bits per heavy atom. The van der Waals surface area contributed by atoms with Crippen LogP contribution in [-0.4, -0.2) is 21.0 Å². The summed E-state index contributed by atoms with van der Waals surface area (Å²) in [6.07, 6.45) is 1.83. The van der Waals surface area contributed by atoms with Crippen LogP contribution in [0.2, 0.25) is 0 Å². The highest BCUT2D eigenvalue weighted by Gasteiger charge is 2.06. The third-order valence-electron chi connectivity index (χ3n) is 2.40. The summed E-state index contributed by atoms with van der Waals surface area (Å²) in [6.45, 7) is 4.81. The van der Waals surface area contributed by atoms with Gasteiger partial charge in [0.25, 0.3) is 0 Å². The third-order valence-corrected chi connectivity index (χ3v) is 3.01. The zero-order valence-electron chi connectivity index (χ0n) is 10.2. The molecule has 2 rings (SSSR count). The van der Waals surface area contributed by atoms with Crippen LogP contribution in [-0.2, 0) is 6.54 Å². The van der Waals surface area contributed by atoms with Crippen LogP contribution in [0.15, 0.2) is 28.9 Å². The second kappa shape index (κ2) is 5.58. The van der Waals surface area contributed by atoms with Crippen LogP contribution in [0.3, 0.4) is 0 Å². The van der Waals surface area contributed by atoms with Gasteiger partial charge in [-0.1, -0.05) is 19.1 Å². The zero-order chi connectivity index (χ0) is 13.1. The first-order chi connectivity index (χ1) is 8.56. The Labute approximate surface area is 113 Å². The van der Waals surface area contributed by atoms with Crippen molar-refractivity contribution in [2.75, 3.05) is 0 Å². The van der Waals surface area contributed by atoms with E-state index in [0.717, 1.165) is 11.4 Å². The maximum atomic E-state index is 13.1. The lowest BCUT2D eigenvalue weighted by Gasteiger charge is -2.04. The molecule has 0 aliphatic heterocycles. The molecule has 0 bridgehead atoms. The van der Waals surface area contributed by atoms with E-state index in [2.05, 4.69) is 45.4 Å². The molecule has 0 saturated carbocycles.